The van der Waals surface area contributed by atoms with E-state index in [1.807, 2.05) is 19.9 Å². The largest absolute Gasteiger partial charge is 0.305 e. The lowest BCUT2D eigenvalue weighted by molar-refractivity contribution is 0.102. The van der Waals surface area contributed by atoms with E-state index in [-0.39, 0.29) is 5.69 Å². The van der Waals surface area contributed by atoms with Crippen molar-refractivity contribution in [3.05, 3.63) is 66.1 Å². The number of hydrogen-bond donors (Lipinski definition) is 1. The van der Waals surface area contributed by atoms with Gasteiger partial charge in [0.15, 0.2) is 17.3 Å². The molecular weight excluding hydrogens is 346 g/mol. The molecule has 0 fully saturated rings. The first kappa shape index (κ1) is 16.5. The highest BCUT2D eigenvalue weighted by Gasteiger charge is 2.12. The molecule has 0 aromatic carbocycles. The van der Waals surface area contributed by atoms with Gasteiger partial charge in [0.1, 0.15) is 12.1 Å². The van der Waals surface area contributed by atoms with Crippen molar-refractivity contribution in [2.24, 2.45) is 0 Å². The summed E-state index contributed by atoms with van der Waals surface area (Å²) in [5.74, 6) is 0.994. The van der Waals surface area contributed by atoms with Crippen molar-refractivity contribution in [1.29, 1.82) is 0 Å². The molecule has 1 amide bonds. The summed E-state index contributed by atoms with van der Waals surface area (Å²) in [7, 11) is 0. The molecule has 4 rings (SSSR count). The Bertz CT molecular complexity index is 1080. The molecule has 0 saturated heterocycles. The van der Waals surface area contributed by atoms with E-state index in [1.54, 1.807) is 46.0 Å². The van der Waals surface area contributed by atoms with Gasteiger partial charge in [0.25, 0.3) is 5.91 Å². The lowest BCUT2D eigenvalue weighted by atomic mass is 10.3. The van der Waals surface area contributed by atoms with Gasteiger partial charge in [-0.25, -0.2) is 19.3 Å². The molecule has 0 atom stereocenters. The highest BCUT2D eigenvalue weighted by molar-refractivity contribution is 6.02. The van der Waals surface area contributed by atoms with Crippen LogP contribution >= 0.6 is 0 Å². The minimum absolute atomic E-state index is 0.166. The van der Waals surface area contributed by atoms with Crippen molar-refractivity contribution in [2.45, 2.75) is 13.8 Å². The highest BCUT2D eigenvalue weighted by Crippen LogP contribution is 2.11. The lowest BCUT2D eigenvalue weighted by Gasteiger charge is -2.06. The molecule has 0 bridgehead atoms. The van der Waals surface area contributed by atoms with Gasteiger partial charge in [0, 0.05) is 24.2 Å². The van der Waals surface area contributed by atoms with Crippen molar-refractivity contribution in [3.63, 3.8) is 0 Å². The summed E-state index contributed by atoms with van der Waals surface area (Å²) in [5.41, 5.74) is 1.98. The monoisotopic (exact) mass is 361 g/mol. The summed E-state index contributed by atoms with van der Waals surface area (Å²) in [6.45, 7) is 3.83. The summed E-state index contributed by atoms with van der Waals surface area (Å²) >= 11 is 0. The first-order valence-electron chi connectivity index (χ1n) is 8.11. The number of carbonyl (C=O) groups is 1. The third-order valence-electron chi connectivity index (χ3n) is 3.74. The molecule has 0 unspecified atom stereocenters. The van der Waals surface area contributed by atoms with Crippen molar-refractivity contribution in [3.8, 4) is 11.6 Å². The topological polar surface area (TPSA) is 116 Å². The Hall–Kier alpha value is -3.95. The van der Waals surface area contributed by atoms with E-state index < -0.39 is 5.91 Å². The average Bonchev–Trinajstić information content (AvgIpc) is 3.32. The van der Waals surface area contributed by atoms with Crippen LogP contribution in [-0.4, -0.2) is 45.6 Å². The number of rotatable bonds is 4. The number of amides is 1. The van der Waals surface area contributed by atoms with E-state index in [2.05, 4.69) is 35.7 Å². The van der Waals surface area contributed by atoms with Crippen LogP contribution in [0.4, 0.5) is 5.82 Å². The van der Waals surface area contributed by atoms with Gasteiger partial charge < -0.3 is 5.32 Å². The number of aryl methyl sites for hydroxylation is 2. The molecule has 4 aromatic rings. The van der Waals surface area contributed by atoms with Gasteiger partial charge in [0.05, 0.1) is 5.69 Å². The predicted octanol–water partition coefficient (Wildman–Crippen LogP) is 1.51. The van der Waals surface area contributed by atoms with Gasteiger partial charge >= 0.3 is 0 Å². The minimum atomic E-state index is -0.424. The van der Waals surface area contributed by atoms with Crippen LogP contribution in [0.2, 0.25) is 0 Å². The summed E-state index contributed by atoms with van der Waals surface area (Å²) in [5, 5.41) is 19.2. The average molecular weight is 361 g/mol. The zero-order valence-corrected chi connectivity index (χ0v) is 14.6. The molecule has 0 radical (unpaired) electrons. The lowest BCUT2D eigenvalue weighted by Crippen LogP contribution is -2.16. The summed E-state index contributed by atoms with van der Waals surface area (Å²) in [6, 6.07) is 8.61. The second-order valence-electron chi connectivity index (χ2n) is 5.78. The molecule has 134 valence electrons. The normalized spacial score (nSPS) is 10.7. The van der Waals surface area contributed by atoms with Crippen LogP contribution in [0.5, 0.6) is 0 Å². The molecule has 0 aliphatic heterocycles. The number of aromatic nitrogens is 8. The van der Waals surface area contributed by atoms with Crippen molar-refractivity contribution in [1.82, 2.24) is 39.7 Å². The SMILES string of the molecule is Cc1cc(C)n(-c2ccc(C(=O)Nc3cc(-n4cccn4)ncn3)nn2)n1. The van der Waals surface area contributed by atoms with E-state index in [0.717, 1.165) is 11.4 Å². The Balaban J connectivity index is 1.52. The van der Waals surface area contributed by atoms with Crippen LogP contribution in [0.15, 0.2) is 49.1 Å². The fourth-order valence-electron chi connectivity index (χ4n) is 2.55. The Morgan fingerprint density at radius 3 is 2.63 bits per heavy atom. The van der Waals surface area contributed by atoms with E-state index in [1.165, 1.54) is 6.33 Å². The van der Waals surface area contributed by atoms with Crippen LogP contribution in [-0.2, 0) is 0 Å². The molecule has 4 aromatic heterocycles. The van der Waals surface area contributed by atoms with Gasteiger partial charge in [-0.2, -0.15) is 10.2 Å². The molecule has 10 heteroatoms. The van der Waals surface area contributed by atoms with Crippen LogP contribution in [0, 0.1) is 13.8 Å². The minimum Gasteiger partial charge on any atom is -0.305 e. The third-order valence-corrected chi connectivity index (χ3v) is 3.74. The number of anilines is 1. The maximum absolute atomic E-state index is 12.4. The molecule has 0 aliphatic rings. The molecule has 4 heterocycles. The van der Waals surface area contributed by atoms with E-state index in [9.17, 15) is 4.79 Å². The van der Waals surface area contributed by atoms with Crippen LogP contribution in [0.1, 0.15) is 21.9 Å². The fraction of sp³-hybridized carbons (Fsp3) is 0.118. The maximum Gasteiger partial charge on any atom is 0.277 e. The molecule has 27 heavy (non-hydrogen) atoms. The summed E-state index contributed by atoms with van der Waals surface area (Å²) in [4.78, 5) is 20.6. The Morgan fingerprint density at radius 2 is 1.96 bits per heavy atom. The standard InChI is InChI=1S/C17H15N9O/c1-11-8-12(2)26(24-11)15-5-4-13(22-23-15)17(27)21-14-9-16(19-10-18-14)25-7-3-6-20-25/h3-10H,1-2H3,(H,18,19,21,27). The van der Waals surface area contributed by atoms with Crippen molar-refractivity contribution >= 4 is 11.7 Å². The number of nitrogens with zero attached hydrogens (tertiary/aromatic N) is 8. The Morgan fingerprint density at radius 1 is 1.07 bits per heavy atom. The second kappa shape index (κ2) is 6.75. The molecule has 1 N–H and O–H groups in total. The van der Waals surface area contributed by atoms with E-state index >= 15 is 0 Å². The Labute approximate surface area is 153 Å². The molecule has 0 spiro atoms. The van der Waals surface area contributed by atoms with E-state index in [0.29, 0.717) is 17.5 Å². The molecular formula is C17H15N9O. The zero-order valence-electron chi connectivity index (χ0n) is 14.6. The Kier molecular flexibility index (Phi) is 4.13. The van der Waals surface area contributed by atoms with Gasteiger partial charge in [-0.1, -0.05) is 0 Å². The first-order valence-corrected chi connectivity index (χ1v) is 8.11. The summed E-state index contributed by atoms with van der Waals surface area (Å²) < 4.78 is 3.24. The molecule has 0 aliphatic carbocycles. The van der Waals surface area contributed by atoms with Crippen LogP contribution in [0.25, 0.3) is 11.6 Å². The molecule has 10 nitrogen and oxygen atoms in total. The van der Waals surface area contributed by atoms with E-state index in [4.69, 9.17) is 0 Å². The van der Waals surface area contributed by atoms with Gasteiger partial charge in [0.2, 0.25) is 0 Å². The smallest absolute Gasteiger partial charge is 0.277 e. The first-order chi connectivity index (χ1) is 13.1. The quantitative estimate of drug-likeness (QED) is 0.585. The molecule has 0 saturated carbocycles. The van der Waals surface area contributed by atoms with Crippen molar-refractivity contribution in [2.75, 3.05) is 5.32 Å². The summed E-state index contributed by atoms with van der Waals surface area (Å²) in [6.07, 6.45) is 4.74. The van der Waals surface area contributed by atoms with Gasteiger partial charge in [-0.15, -0.1) is 10.2 Å². The fourth-order valence-corrected chi connectivity index (χ4v) is 2.55. The maximum atomic E-state index is 12.4. The third kappa shape index (κ3) is 3.40. The van der Waals surface area contributed by atoms with Crippen molar-refractivity contribution < 1.29 is 4.79 Å². The van der Waals surface area contributed by atoms with Crippen LogP contribution in [0.3, 0.4) is 0 Å². The highest BCUT2D eigenvalue weighted by atomic mass is 16.2. The predicted molar refractivity (Wildman–Crippen MR) is 95.7 cm³/mol. The van der Waals surface area contributed by atoms with Crippen LogP contribution < -0.4 is 5.32 Å². The number of hydrogen-bond acceptors (Lipinski definition) is 7. The number of carbonyl (C=O) groups excluding carboxylic acids is 1. The van der Waals surface area contributed by atoms with Gasteiger partial charge in [-0.3, -0.25) is 4.79 Å². The van der Waals surface area contributed by atoms with Gasteiger partial charge in [-0.05, 0) is 38.1 Å². The zero-order chi connectivity index (χ0) is 18.8. The second-order valence-corrected chi connectivity index (χ2v) is 5.78. The number of nitrogens with one attached hydrogen (secondary N) is 1.